The summed E-state index contributed by atoms with van der Waals surface area (Å²) in [6.45, 7) is 1.40. The van der Waals surface area contributed by atoms with Crippen LogP contribution in [0.15, 0.2) is 41.0 Å². The van der Waals surface area contributed by atoms with Crippen molar-refractivity contribution < 1.29 is 9.15 Å². The standard InChI is InChI=1S/C13H14ClNO2/c1-16-13-7-11(14)5-4-10(13)8-15-9-12-3-2-6-17-12/h2-7,15H,8-9H2,1H3. The number of halogens is 1. The Morgan fingerprint density at radius 1 is 1.29 bits per heavy atom. The zero-order chi connectivity index (χ0) is 12.1. The molecule has 1 aromatic heterocycles. The van der Waals surface area contributed by atoms with E-state index in [9.17, 15) is 0 Å². The van der Waals surface area contributed by atoms with Crippen molar-refractivity contribution in [2.45, 2.75) is 13.1 Å². The van der Waals surface area contributed by atoms with E-state index in [0.717, 1.165) is 17.1 Å². The second kappa shape index (κ2) is 5.75. The minimum atomic E-state index is 0.677. The van der Waals surface area contributed by atoms with Crippen LogP contribution in [0.1, 0.15) is 11.3 Å². The fourth-order valence-corrected chi connectivity index (χ4v) is 1.76. The summed E-state index contributed by atoms with van der Waals surface area (Å²) in [5.41, 5.74) is 1.07. The lowest BCUT2D eigenvalue weighted by Crippen LogP contribution is -2.12. The number of benzene rings is 1. The molecule has 1 aromatic carbocycles. The van der Waals surface area contributed by atoms with E-state index in [-0.39, 0.29) is 0 Å². The molecule has 17 heavy (non-hydrogen) atoms. The summed E-state index contributed by atoms with van der Waals surface area (Å²) in [5, 5.41) is 3.96. The summed E-state index contributed by atoms with van der Waals surface area (Å²) in [4.78, 5) is 0. The Kier molecular flexibility index (Phi) is 4.07. The van der Waals surface area contributed by atoms with Crippen molar-refractivity contribution in [3.63, 3.8) is 0 Å². The zero-order valence-corrected chi connectivity index (χ0v) is 10.3. The first-order valence-electron chi connectivity index (χ1n) is 5.35. The van der Waals surface area contributed by atoms with Gasteiger partial charge in [-0.15, -0.1) is 0 Å². The summed E-state index contributed by atoms with van der Waals surface area (Å²) in [6, 6.07) is 9.43. The lowest BCUT2D eigenvalue weighted by Gasteiger charge is -2.09. The van der Waals surface area contributed by atoms with Crippen molar-refractivity contribution in [3.05, 3.63) is 52.9 Å². The summed E-state index contributed by atoms with van der Waals surface area (Å²) in [5.74, 6) is 1.71. The van der Waals surface area contributed by atoms with E-state index in [1.165, 1.54) is 0 Å². The zero-order valence-electron chi connectivity index (χ0n) is 9.57. The first kappa shape index (κ1) is 12.0. The number of hydrogen-bond acceptors (Lipinski definition) is 3. The normalized spacial score (nSPS) is 10.5. The highest BCUT2D eigenvalue weighted by Gasteiger charge is 2.03. The lowest BCUT2D eigenvalue weighted by molar-refractivity contribution is 0.406. The van der Waals surface area contributed by atoms with Crippen molar-refractivity contribution in [2.24, 2.45) is 0 Å². The lowest BCUT2D eigenvalue weighted by atomic mass is 10.2. The average molecular weight is 252 g/mol. The van der Waals surface area contributed by atoms with Crippen LogP contribution < -0.4 is 10.1 Å². The highest BCUT2D eigenvalue weighted by molar-refractivity contribution is 6.30. The van der Waals surface area contributed by atoms with Crippen molar-refractivity contribution in [3.8, 4) is 5.75 Å². The van der Waals surface area contributed by atoms with Gasteiger partial charge >= 0.3 is 0 Å². The molecule has 90 valence electrons. The smallest absolute Gasteiger partial charge is 0.124 e. The van der Waals surface area contributed by atoms with Gasteiger partial charge in [-0.25, -0.2) is 0 Å². The molecule has 0 aliphatic rings. The average Bonchev–Trinajstić information content (AvgIpc) is 2.84. The second-order valence-corrected chi connectivity index (χ2v) is 4.08. The molecular weight excluding hydrogens is 238 g/mol. The van der Waals surface area contributed by atoms with Gasteiger partial charge in [-0.3, -0.25) is 0 Å². The molecule has 0 spiro atoms. The summed E-state index contributed by atoms with van der Waals surface area (Å²) in [6.07, 6.45) is 1.67. The highest BCUT2D eigenvalue weighted by Crippen LogP contribution is 2.22. The molecular formula is C13H14ClNO2. The van der Waals surface area contributed by atoms with Crippen LogP contribution in [0.25, 0.3) is 0 Å². The minimum Gasteiger partial charge on any atom is -0.496 e. The predicted octanol–water partition coefficient (Wildman–Crippen LogP) is 3.23. The predicted molar refractivity (Wildman–Crippen MR) is 67.3 cm³/mol. The van der Waals surface area contributed by atoms with Crippen LogP contribution in [0.3, 0.4) is 0 Å². The molecule has 1 N–H and O–H groups in total. The maximum Gasteiger partial charge on any atom is 0.124 e. The number of rotatable bonds is 5. The van der Waals surface area contributed by atoms with Crippen molar-refractivity contribution in [1.82, 2.24) is 5.32 Å². The second-order valence-electron chi connectivity index (χ2n) is 3.64. The number of furan rings is 1. The molecule has 0 fully saturated rings. The molecule has 0 radical (unpaired) electrons. The summed E-state index contributed by atoms with van der Waals surface area (Å²) >= 11 is 5.90. The molecule has 0 saturated heterocycles. The molecule has 0 unspecified atom stereocenters. The fourth-order valence-electron chi connectivity index (χ4n) is 1.60. The first-order chi connectivity index (χ1) is 8.29. The van der Waals surface area contributed by atoms with E-state index in [0.29, 0.717) is 18.1 Å². The van der Waals surface area contributed by atoms with Gasteiger partial charge in [0.1, 0.15) is 11.5 Å². The van der Waals surface area contributed by atoms with Gasteiger partial charge < -0.3 is 14.5 Å². The maximum absolute atomic E-state index is 5.90. The number of nitrogens with one attached hydrogen (secondary N) is 1. The van der Waals surface area contributed by atoms with Gasteiger partial charge in [0.15, 0.2) is 0 Å². The van der Waals surface area contributed by atoms with Crippen molar-refractivity contribution in [2.75, 3.05) is 7.11 Å². The maximum atomic E-state index is 5.90. The number of hydrogen-bond donors (Lipinski definition) is 1. The number of ether oxygens (including phenoxy) is 1. The van der Waals surface area contributed by atoms with Crippen LogP contribution in [0.2, 0.25) is 5.02 Å². The van der Waals surface area contributed by atoms with Crippen LogP contribution in [0.4, 0.5) is 0 Å². The van der Waals surface area contributed by atoms with Gasteiger partial charge in [-0.05, 0) is 24.3 Å². The first-order valence-corrected chi connectivity index (χ1v) is 5.73. The van der Waals surface area contributed by atoms with Crippen molar-refractivity contribution >= 4 is 11.6 Å². The Hall–Kier alpha value is -1.45. The SMILES string of the molecule is COc1cc(Cl)ccc1CNCc1ccco1. The molecule has 0 aliphatic carbocycles. The van der Waals surface area contributed by atoms with E-state index in [1.807, 2.05) is 30.3 Å². The monoisotopic (exact) mass is 251 g/mol. The largest absolute Gasteiger partial charge is 0.496 e. The van der Waals surface area contributed by atoms with E-state index < -0.39 is 0 Å². The Labute approximate surface area is 105 Å². The van der Waals surface area contributed by atoms with Gasteiger partial charge in [0.25, 0.3) is 0 Å². The van der Waals surface area contributed by atoms with Gasteiger partial charge in [0, 0.05) is 17.1 Å². The Bertz CT molecular complexity index is 468. The molecule has 2 aromatic rings. The van der Waals surface area contributed by atoms with Gasteiger partial charge in [-0.1, -0.05) is 17.7 Å². The van der Waals surface area contributed by atoms with E-state index in [2.05, 4.69) is 5.32 Å². The molecule has 0 saturated carbocycles. The molecule has 1 heterocycles. The van der Waals surface area contributed by atoms with Gasteiger partial charge in [0.05, 0.1) is 19.9 Å². The third-order valence-electron chi connectivity index (χ3n) is 2.44. The summed E-state index contributed by atoms with van der Waals surface area (Å²) < 4.78 is 10.5. The topological polar surface area (TPSA) is 34.4 Å². The molecule has 4 heteroatoms. The Morgan fingerprint density at radius 2 is 2.18 bits per heavy atom. The summed E-state index contributed by atoms with van der Waals surface area (Å²) in [7, 11) is 1.64. The van der Waals surface area contributed by atoms with Crippen LogP contribution in [-0.4, -0.2) is 7.11 Å². The van der Waals surface area contributed by atoms with Crippen LogP contribution in [-0.2, 0) is 13.1 Å². The Morgan fingerprint density at radius 3 is 2.88 bits per heavy atom. The van der Waals surface area contributed by atoms with Crippen LogP contribution in [0.5, 0.6) is 5.75 Å². The third kappa shape index (κ3) is 3.25. The Balaban J connectivity index is 1.94. The molecule has 0 aliphatic heterocycles. The third-order valence-corrected chi connectivity index (χ3v) is 2.68. The van der Waals surface area contributed by atoms with Crippen LogP contribution in [0, 0.1) is 0 Å². The molecule has 0 atom stereocenters. The van der Waals surface area contributed by atoms with E-state index in [1.54, 1.807) is 13.4 Å². The van der Waals surface area contributed by atoms with E-state index in [4.69, 9.17) is 20.8 Å². The van der Waals surface area contributed by atoms with E-state index >= 15 is 0 Å². The molecule has 0 amide bonds. The van der Waals surface area contributed by atoms with Crippen molar-refractivity contribution in [1.29, 1.82) is 0 Å². The number of methoxy groups -OCH3 is 1. The van der Waals surface area contributed by atoms with Gasteiger partial charge in [-0.2, -0.15) is 0 Å². The minimum absolute atomic E-state index is 0.677. The molecule has 3 nitrogen and oxygen atoms in total. The van der Waals surface area contributed by atoms with Crippen LogP contribution >= 0.6 is 11.6 Å². The molecule has 0 bridgehead atoms. The quantitative estimate of drug-likeness (QED) is 0.886. The van der Waals surface area contributed by atoms with Gasteiger partial charge in [0.2, 0.25) is 0 Å². The fraction of sp³-hybridized carbons (Fsp3) is 0.231. The highest BCUT2D eigenvalue weighted by atomic mass is 35.5. The molecule has 2 rings (SSSR count).